The van der Waals surface area contributed by atoms with Gasteiger partial charge in [-0.2, -0.15) is 0 Å². The third-order valence-corrected chi connectivity index (χ3v) is 5.50. The number of carbonyl (C=O) groups excluding carboxylic acids is 2. The molecule has 3 rings (SSSR count). The first-order chi connectivity index (χ1) is 14.4. The Morgan fingerprint density at radius 2 is 1.90 bits per heavy atom. The fraction of sp³-hybridized carbons (Fsp3) is 0.200. The van der Waals surface area contributed by atoms with Crippen molar-refractivity contribution in [3.63, 3.8) is 0 Å². The number of benzene rings is 2. The van der Waals surface area contributed by atoms with Gasteiger partial charge in [0.05, 0.1) is 22.0 Å². The van der Waals surface area contributed by atoms with Crippen molar-refractivity contribution in [2.75, 3.05) is 11.1 Å². The number of para-hydroxylation sites is 2. The summed E-state index contributed by atoms with van der Waals surface area (Å²) in [5, 5.41) is 12.1. The van der Waals surface area contributed by atoms with Crippen molar-refractivity contribution in [1.29, 1.82) is 0 Å². The average molecular weight is 446 g/mol. The van der Waals surface area contributed by atoms with Crippen molar-refractivity contribution in [2.24, 2.45) is 12.8 Å². The Morgan fingerprint density at radius 1 is 1.20 bits per heavy atom. The first kappa shape index (κ1) is 21.7. The summed E-state index contributed by atoms with van der Waals surface area (Å²) in [6.07, 6.45) is -0.395. The lowest BCUT2D eigenvalue weighted by molar-refractivity contribution is -0.113. The maximum atomic E-state index is 12.3. The van der Waals surface area contributed by atoms with Crippen LogP contribution in [0.2, 0.25) is 5.02 Å². The number of thioether (sulfide) groups is 1. The van der Waals surface area contributed by atoms with E-state index in [9.17, 15) is 9.59 Å². The predicted octanol–water partition coefficient (Wildman–Crippen LogP) is 3.44. The minimum absolute atomic E-state index is 0.0822. The van der Waals surface area contributed by atoms with Gasteiger partial charge in [-0.1, -0.05) is 47.6 Å². The fourth-order valence-electron chi connectivity index (χ4n) is 2.71. The summed E-state index contributed by atoms with van der Waals surface area (Å²) in [6.45, 7) is 1.84. The molecule has 1 heterocycles. The molecule has 0 aliphatic rings. The third kappa shape index (κ3) is 5.11. The lowest BCUT2D eigenvalue weighted by Gasteiger charge is -2.15. The summed E-state index contributed by atoms with van der Waals surface area (Å²) in [5.74, 6) is 0.328. The van der Waals surface area contributed by atoms with Crippen LogP contribution in [-0.4, -0.2) is 32.3 Å². The summed E-state index contributed by atoms with van der Waals surface area (Å²) in [4.78, 5) is 23.8. The number of aromatic nitrogens is 3. The van der Waals surface area contributed by atoms with Crippen molar-refractivity contribution in [1.82, 2.24) is 14.8 Å². The Hall–Kier alpha value is -3.04. The fourth-order valence-corrected chi connectivity index (χ4v) is 3.61. The second-order valence-corrected chi connectivity index (χ2v) is 7.69. The van der Waals surface area contributed by atoms with Gasteiger partial charge in [-0.15, -0.1) is 10.2 Å². The van der Waals surface area contributed by atoms with Crippen LogP contribution in [0.3, 0.4) is 0 Å². The van der Waals surface area contributed by atoms with Crippen molar-refractivity contribution in [3.05, 3.63) is 64.9 Å². The highest BCUT2D eigenvalue weighted by Crippen LogP contribution is 2.29. The van der Waals surface area contributed by atoms with Gasteiger partial charge < -0.3 is 20.4 Å². The largest absolute Gasteiger partial charge is 0.481 e. The van der Waals surface area contributed by atoms with E-state index in [4.69, 9.17) is 22.1 Å². The number of nitrogens with one attached hydrogen (secondary N) is 1. The monoisotopic (exact) mass is 445 g/mol. The van der Waals surface area contributed by atoms with Gasteiger partial charge in [0.15, 0.2) is 17.1 Å². The van der Waals surface area contributed by atoms with E-state index < -0.39 is 12.0 Å². The van der Waals surface area contributed by atoms with E-state index in [2.05, 4.69) is 15.5 Å². The van der Waals surface area contributed by atoms with Crippen LogP contribution in [0.25, 0.3) is 0 Å². The number of primary amides is 1. The average Bonchev–Trinajstić information content (AvgIpc) is 3.09. The molecule has 3 aromatic rings. The standard InChI is InChI=1S/C20H20ClN5O3S/c1-12(29-16-10-6-4-8-14(16)21)19-24-25-20(26(19)2)30-11-17(27)23-15-9-5-3-7-13(15)18(22)28/h3-10,12H,11H2,1-2H3,(H2,22,28)(H,23,27). The van der Waals surface area contributed by atoms with Crippen LogP contribution >= 0.6 is 23.4 Å². The van der Waals surface area contributed by atoms with E-state index >= 15 is 0 Å². The molecule has 8 nitrogen and oxygen atoms in total. The summed E-state index contributed by atoms with van der Waals surface area (Å²) in [6, 6.07) is 13.7. The number of amides is 2. The summed E-state index contributed by atoms with van der Waals surface area (Å²) < 4.78 is 7.64. The molecule has 3 N–H and O–H groups in total. The zero-order chi connectivity index (χ0) is 21.7. The smallest absolute Gasteiger partial charge is 0.250 e. The molecule has 30 heavy (non-hydrogen) atoms. The Bertz CT molecular complexity index is 1070. The lowest BCUT2D eigenvalue weighted by atomic mass is 10.1. The molecule has 0 aliphatic carbocycles. The number of nitrogens with two attached hydrogens (primary N) is 1. The molecule has 0 bridgehead atoms. The van der Waals surface area contributed by atoms with Crippen LogP contribution in [0, 0.1) is 0 Å². The molecular formula is C20H20ClN5O3S. The van der Waals surface area contributed by atoms with Crippen LogP contribution in [0.1, 0.15) is 29.2 Å². The molecule has 10 heteroatoms. The van der Waals surface area contributed by atoms with Crippen LogP contribution in [0.4, 0.5) is 5.69 Å². The van der Waals surface area contributed by atoms with Gasteiger partial charge in [-0.25, -0.2) is 0 Å². The van der Waals surface area contributed by atoms with Crippen molar-refractivity contribution >= 4 is 40.9 Å². The van der Waals surface area contributed by atoms with Crippen molar-refractivity contribution in [2.45, 2.75) is 18.2 Å². The molecule has 0 radical (unpaired) electrons. The van der Waals surface area contributed by atoms with Crippen LogP contribution < -0.4 is 15.8 Å². The number of nitrogens with zero attached hydrogens (tertiary/aromatic N) is 3. The van der Waals surface area contributed by atoms with Crippen LogP contribution in [0.15, 0.2) is 53.7 Å². The second kappa shape index (κ2) is 9.64. The molecule has 2 aromatic carbocycles. The van der Waals surface area contributed by atoms with Gasteiger partial charge in [-0.3, -0.25) is 9.59 Å². The highest BCUT2D eigenvalue weighted by atomic mass is 35.5. The van der Waals surface area contributed by atoms with E-state index in [1.54, 1.807) is 48.0 Å². The third-order valence-electron chi connectivity index (χ3n) is 4.17. The molecule has 0 saturated carbocycles. The number of anilines is 1. The number of carbonyl (C=O) groups is 2. The molecule has 2 amide bonds. The molecule has 156 valence electrons. The summed E-state index contributed by atoms with van der Waals surface area (Å²) >= 11 is 7.35. The van der Waals surface area contributed by atoms with Gasteiger partial charge >= 0.3 is 0 Å². The Morgan fingerprint density at radius 3 is 2.63 bits per heavy atom. The number of hydrogen-bond acceptors (Lipinski definition) is 6. The van der Waals surface area contributed by atoms with Gasteiger partial charge in [0.1, 0.15) is 5.75 Å². The highest BCUT2D eigenvalue weighted by Gasteiger charge is 2.19. The second-order valence-electron chi connectivity index (χ2n) is 6.34. The minimum atomic E-state index is -0.607. The summed E-state index contributed by atoms with van der Waals surface area (Å²) in [5.41, 5.74) is 5.96. The zero-order valence-electron chi connectivity index (χ0n) is 16.3. The number of hydrogen-bond donors (Lipinski definition) is 2. The molecule has 1 unspecified atom stereocenters. The summed E-state index contributed by atoms with van der Waals surface area (Å²) in [7, 11) is 1.80. The molecule has 0 aliphatic heterocycles. The lowest BCUT2D eigenvalue weighted by Crippen LogP contribution is -2.19. The van der Waals surface area contributed by atoms with Crippen molar-refractivity contribution in [3.8, 4) is 5.75 Å². The van der Waals surface area contributed by atoms with Gasteiger partial charge in [-0.05, 0) is 31.2 Å². The molecule has 0 saturated heterocycles. The highest BCUT2D eigenvalue weighted by molar-refractivity contribution is 7.99. The SMILES string of the molecule is CC(Oc1ccccc1Cl)c1nnc(SCC(=O)Nc2ccccc2C(N)=O)n1C. The maximum absolute atomic E-state index is 12.3. The van der Waals surface area contributed by atoms with E-state index in [0.29, 0.717) is 27.4 Å². The molecule has 1 atom stereocenters. The van der Waals surface area contributed by atoms with E-state index in [1.807, 2.05) is 19.1 Å². The predicted molar refractivity (Wildman–Crippen MR) is 116 cm³/mol. The van der Waals surface area contributed by atoms with Crippen molar-refractivity contribution < 1.29 is 14.3 Å². The maximum Gasteiger partial charge on any atom is 0.250 e. The van der Waals surface area contributed by atoms with Gasteiger partial charge in [0, 0.05) is 7.05 Å². The van der Waals surface area contributed by atoms with E-state index in [1.165, 1.54) is 11.8 Å². The molecule has 0 fully saturated rings. The Kier molecular flexibility index (Phi) is 6.96. The molecule has 1 aromatic heterocycles. The first-order valence-corrected chi connectivity index (χ1v) is 10.3. The number of ether oxygens (including phenoxy) is 1. The molecule has 0 spiro atoms. The van der Waals surface area contributed by atoms with Crippen LogP contribution in [-0.2, 0) is 11.8 Å². The van der Waals surface area contributed by atoms with Gasteiger partial charge in [0.25, 0.3) is 5.91 Å². The molecular weight excluding hydrogens is 426 g/mol. The quantitative estimate of drug-likeness (QED) is 0.513. The zero-order valence-corrected chi connectivity index (χ0v) is 17.9. The van der Waals surface area contributed by atoms with Gasteiger partial charge in [0.2, 0.25) is 5.91 Å². The van der Waals surface area contributed by atoms with E-state index in [0.717, 1.165) is 0 Å². The van der Waals surface area contributed by atoms with Crippen LogP contribution in [0.5, 0.6) is 5.75 Å². The number of halogens is 1. The Labute approximate surface area is 182 Å². The topological polar surface area (TPSA) is 112 Å². The number of rotatable bonds is 8. The van der Waals surface area contributed by atoms with E-state index in [-0.39, 0.29) is 17.2 Å². The normalized spacial score (nSPS) is 11.7. The Balaban J connectivity index is 1.62. The minimum Gasteiger partial charge on any atom is -0.481 e. The first-order valence-electron chi connectivity index (χ1n) is 8.98.